The second-order valence-corrected chi connectivity index (χ2v) is 8.00. The molecule has 2 aromatic carbocycles. The highest BCUT2D eigenvalue weighted by Crippen LogP contribution is 2.27. The average molecular weight is 412 g/mol. The highest BCUT2D eigenvalue weighted by atomic mass is 32.1. The SMILES string of the molecule is CCOc1ccc(NC(=O)CCc2ccc3nc(NC(=O)C(C)C)sc3c2)cc1. The van der Waals surface area contributed by atoms with Crippen LogP contribution in [-0.2, 0) is 16.0 Å². The van der Waals surface area contributed by atoms with E-state index >= 15 is 0 Å². The molecule has 0 radical (unpaired) electrons. The number of fused-ring (bicyclic) bond motifs is 1. The third kappa shape index (κ3) is 5.77. The summed E-state index contributed by atoms with van der Waals surface area (Å²) in [6, 6.07) is 13.3. The maximum absolute atomic E-state index is 12.2. The molecule has 0 saturated heterocycles. The number of nitrogens with zero attached hydrogens (tertiary/aromatic N) is 1. The van der Waals surface area contributed by atoms with Gasteiger partial charge in [-0.2, -0.15) is 0 Å². The number of rotatable bonds is 8. The van der Waals surface area contributed by atoms with E-state index in [0.29, 0.717) is 24.6 Å². The quantitative estimate of drug-likeness (QED) is 0.555. The molecule has 2 amide bonds. The zero-order chi connectivity index (χ0) is 20.8. The average Bonchev–Trinajstić information content (AvgIpc) is 3.09. The molecule has 0 bridgehead atoms. The number of thiazole rings is 1. The van der Waals surface area contributed by atoms with Crippen LogP contribution in [0.1, 0.15) is 32.8 Å². The molecule has 0 aliphatic carbocycles. The molecule has 1 aromatic heterocycles. The lowest BCUT2D eigenvalue weighted by Gasteiger charge is -2.07. The van der Waals surface area contributed by atoms with Crippen molar-refractivity contribution in [3.8, 4) is 5.75 Å². The van der Waals surface area contributed by atoms with Crippen LogP contribution in [0, 0.1) is 5.92 Å². The molecule has 3 aromatic rings. The molecule has 29 heavy (non-hydrogen) atoms. The van der Waals surface area contributed by atoms with E-state index in [0.717, 1.165) is 27.2 Å². The summed E-state index contributed by atoms with van der Waals surface area (Å²) in [6.45, 7) is 6.24. The first-order chi connectivity index (χ1) is 13.9. The lowest BCUT2D eigenvalue weighted by atomic mass is 10.1. The van der Waals surface area contributed by atoms with E-state index in [2.05, 4.69) is 15.6 Å². The Morgan fingerprint density at radius 2 is 1.86 bits per heavy atom. The van der Waals surface area contributed by atoms with Crippen LogP contribution in [0.25, 0.3) is 10.2 Å². The molecule has 7 heteroatoms. The largest absolute Gasteiger partial charge is 0.494 e. The van der Waals surface area contributed by atoms with E-state index in [-0.39, 0.29) is 17.7 Å². The summed E-state index contributed by atoms with van der Waals surface area (Å²) in [6.07, 6.45) is 1.01. The summed E-state index contributed by atoms with van der Waals surface area (Å²) in [5.74, 6) is 0.609. The number of aryl methyl sites for hydroxylation is 1. The number of aromatic nitrogens is 1. The van der Waals surface area contributed by atoms with E-state index in [9.17, 15) is 9.59 Å². The van der Waals surface area contributed by atoms with Crippen molar-refractivity contribution in [2.45, 2.75) is 33.6 Å². The van der Waals surface area contributed by atoms with E-state index in [1.54, 1.807) is 0 Å². The second-order valence-electron chi connectivity index (χ2n) is 6.97. The Labute approximate surface area is 174 Å². The monoisotopic (exact) mass is 411 g/mol. The van der Waals surface area contributed by atoms with Gasteiger partial charge in [0, 0.05) is 18.0 Å². The summed E-state index contributed by atoms with van der Waals surface area (Å²) < 4.78 is 6.39. The Hall–Kier alpha value is -2.93. The fraction of sp³-hybridized carbons (Fsp3) is 0.318. The first-order valence-corrected chi connectivity index (χ1v) is 10.5. The van der Waals surface area contributed by atoms with Gasteiger partial charge in [0.25, 0.3) is 0 Å². The van der Waals surface area contributed by atoms with Gasteiger partial charge in [-0.25, -0.2) is 4.98 Å². The number of nitrogens with one attached hydrogen (secondary N) is 2. The molecule has 1 heterocycles. The van der Waals surface area contributed by atoms with E-state index in [1.807, 2.05) is 63.2 Å². The maximum atomic E-state index is 12.2. The van der Waals surface area contributed by atoms with Crippen LogP contribution < -0.4 is 15.4 Å². The second kappa shape index (κ2) is 9.52. The molecule has 6 nitrogen and oxygen atoms in total. The summed E-state index contributed by atoms with van der Waals surface area (Å²) >= 11 is 1.44. The van der Waals surface area contributed by atoms with Crippen LogP contribution in [0.15, 0.2) is 42.5 Å². The van der Waals surface area contributed by atoms with Gasteiger partial charge in [0.2, 0.25) is 11.8 Å². The summed E-state index contributed by atoms with van der Waals surface area (Å²) in [5.41, 5.74) is 2.66. The molecular formula is C22H25N3O3S. The van der Waals surface area contributed by atoms with Gasteiger partial charge in [-0.1, -0.05) is 31.3 Å². The maximum Gasteiger partial charge on any atom is 0.228 e. The number of carbonyl (C=O) groups is 2. The van der Waals surface area contributed by atoms with Crippen LogP contribution in [0.2, 0.25) is 0 Å². The van der Waals surface area contributed by atoms with E-state index < -0.39 is 0 Å². The number of amides is 2. The standard InChI is InChI=1S/C22H25N3O3S/c1-4-28-17-9-7-16(8-10-17)23-20(26)12-6-15-5-11-18-19(13-15)29-22(24-18)25-21(27)14(2)3/h5,7-11,13-14H,4,6,12H2,1-3H3,(H,23,26)(H,24,25,27). The van der Waals surface area contributed by atoms with Gasteiger partial charge in [-0.15, -0.1) is 0 Å². The van der Waals surface area contributed by atoms with Gasteiger partial charge in [0.05, 0.1) is 16.8 Å². The highest BCUT2D eigenvalue weighted by Gasteiger charge is 2.11. The lowest BCUT2D eigenvalue weighted by molar-refractivity contribution is -0.119. The number of ether oxygens (including phenoxy) is 1. The highest BCUT2D eigenvalue weighted by molar-refractivity contribution is 7.22. The Balaban J connectivity index is 1.56. The van der Waals surface area contributed by atoms with Gasteiger partial charge < -0.3 is 15.4 Å². The molecule has 0 saturated carbocycles. The van der Waals surface area contributed by atoms with Gasteiger partial charge in [0.1, 0.15) is 5.75 Å². The summed E-state index contributed by atoms with van der Waals surface area (Å²) in [4.78, 5) is 28.5. The van der Waals surface area contributed by atoms with Crippen molar-refractivity contribution in [3.05, 3.63) is 48.0 Å². The molecule has 3 rings (SSSR count). The van der Waals surface area contributed by atoms with Crippen molar-refractivity contribution < 1.29 is 14.3 Å². The van der Waals surface area contributed by atoms with Crippen molar-refractivity contribution in [2.24, 2.45) is 5.92 Å². The smallest absolute Gasteiger partial charge is 0.228 e. The van der Waals surface area contributed by atoms with Crippen LogP contribution >= 0.6 is 11.3 Å². The minimum atomic E-state index is -0.0912. The molecule has 0 fully saturated rings. The lowest BCUT2D eigenvalue weighted by Crippen LogP contribution is -2.17. The third-order valence-electron chi connectivity index (χ3n) is 4.30. The molecule has 152 valence electrons. The van der Waals surface area contributed by atoms with Crippen LogP contribution in [0.3, 0.4) is 0 Å². The van der Waals surface area contributed by atoms with Crippen molar-refractivity contribution >= 4 is 44.2 Å². The summed E-state index contributed by atoms with van der Waals surface area (Å²) in [7, 11) is 0. The predicted octanol–water partition coefficient (Wildman–Crippen LogP) is 4.86. The van der Waals surface area contributed by atoms with E-state index in [4.69, 9.17) is 4.74 Å². The zero-order valence-corrected chi connectivity index (χ0v) is 17.6. The number of hydrogen-bond acceptors (Lipinski definition) is 5. The first-order valence-electron chi connectivity index (χ1n) is 9.67. The van der Waals surface area contributed by atoms with Gasteiger partial charge in [0.15, 0.2) is 5.13 Å². The molecule has 0 spiro atoms. The van der Waals surface area contributed by atoms with Gasteiger partial charge >= 0.3 is 0 Å². The van der Waals surface area contributed by atoms with Crippen molar-refractivity contribution in [3.63, 3.8) is 0 Å². The Morgan fingerprint density at radius 3 is 2.55 bits per heavy atom. The van der Waals surface area contributed by atoms with Crippen LogP contribution in [-0.4, -0.2) is 23.4 Å². The van der Waals surface area contributed by atoms with Gasteiger partial charge in [-0.05, 0) is 55.3 Å². The van der Waals surface area contributed by atoms with Gasteiger partial charge in [-0.3, -0.25) is 9.59 Å². The number of carbonyl (C=O) groups excluding carboxylic acids is 2. The predicted molar refractivity (Wildman–Crippen MR) is 118 cm³/mol. The minimum Gasteiger partial charge on any atom is -0.494 e. The third-order valence-corrected chi connectivity index (χ3v) is 5.23. The molecule has 0 aliphatic heterocycles. The van der Waals surface area contributed by atoms with Crippen molar-refractivity contribution in [1.82, 2.24) is 4.98 Å². The molecule has 0 unspecified atom stereocenters. The normalized spacial score (nSPS) is 10.9. The topological polar surface area (TPSA) is 80.3 Å². The fourth-order valence-electron chi connectivity index (χ4n) is 2.71. The Kier molecular flexibility index (Phi) is 6.82. The minimum absolute atomic E-state index is 0.0385. The number of benzene rings is 2. The number of hydrogen-bond donors (Lipinski definition) is 2. The molecule has 0 aliphatic rings. The van der Waals surface area contributed by atoms with E-state index in [1.165, 1.54) is 11.3 Å². The first kappa shape index (κ1) is 20.8. The fourth-order valence-corrected chi connectivity index (χ4v) is 3.64. The van der Waals surface area contributed by atoms with Crippen LogP contribution in [0.4, 0.5) is 10.8 Å². The van der Waals surface area contributed by atoms with Crippen molar-refractivity contribution in [2.75, 3.05) is 17.2 Å². The Morgan fingerprint density at radius 1 is 1.10 bits per heavy atom. The molecule has 0 atom stereocenters. The van der Waals surface area contributed by atoms with Crippen LogP contribution in [0.5, 0.6) is 5.75 Å². The Bertz CT molecular complexity index is 996. The summed E-state index contributed by atoms with van der Waals surface area (Å²) in [5, 5.41) is 6.34. The zero-order valence-electron chi connectivity index (χ0n) is 16.8. The van der Waals surface area contributed by atoms with Crippen molar-refractivity contribution in [1.29, 1.82) is 0 Å². The number of anilines is 2. The molecular weight excluding hydrogens is 386 g/mol. The molecule has 2 N–H and O–H groups in total.